The number of halogens is 1. The molecule has 0 spiro atoms. The smallest absolute Gasteiger partial charge is 0.244 e. The van der Waals surface area contributed by atoms with Crippen molar-refractivity contribution in [2.24, 2.45) is 0 Å². The van der Waals surface area contributed by atoms with Gasteiger partial charge in [-0.1, -0.05) is 48.0 Å². The molecule has 0 saturated carbocycles. The largest absolute Gasteiger partial charge is 0.323 e. The van der Waals surface area contributed by atoms with Gasteiger partial charge in [-0.2, -0.15) is 0 Å². The summed E-state index contributed by atoms with van der Waals surface area (Å²) in [6, 6.07) is 17.2. The van der Waals surface area contributed by atoms with Crippen LogP contribution in [0, 0.1) is 13.8 Å². The Bertz CT molecular complexity index is 1410. The lowest BCUT2D eigenvalue weighted by molar-refractivity contribution is -0.116. The number of rotatable bonds is 5. The number of aryl methyl sites for hydroxylation is 2. The minimum absolute atomic E-state index is 0.0180. The zero-order chi connectivity index (χ0) is 22.8. The van der Waals surface area contributed by atoms with Gasteiger partial charge in [-0.25, -0.2) is 4.98 Å². The van der Waals surface area contributed by atoms with Crippen LogP contribution in [0.3, 0.4) is 0 Å². The summed E-state index contributed by atoms with van der Waals surface area (Å²) in [6.45, 7) is 3.55. The van der Waals surface area contributed by atoms with E-state index < -0.39 is 11.2 Å². The Morgan fingerprint density at radius 1 is 1.03 bits per heavy atom. The second kappa shape index (κ2) is 8.77. The van der Waals surface area contributed by atoms with Crippen molar-refractivity contribution in [3.05, 3.63) is 104 Å². The van der Waals surface area contributed by atoms with Gasteiger partial charge in [0.25, 0.3) is 0 Å². The first-order valence-corrected chi connectivity index (χ1v) is 10.4. The number of hydrogen-bond acceptors (Lipinski definition) is 4. The minimum Gasteiger partial charge on any atom is -0.323 e. The number of fused-ring (bicyclic) bond motifs is 1. The quantitative estimate of drug-likeness (QED) is 0.457. The van der Waals surface area contributed by atoms with Gasteiger partial charge in [0.15, 0.2) is 5.78 Å². The van der Waals surface area contributed by atoms with Crippen molar-refractivity contribution in [3.63, 3.8) is 0 Å². The summed E-state index contributed by atoms with van der Waals surface area (Å²) in [5.74, 6) is -0.768. The number of aromatic nitrogens is 2. The highest BCUT2D eigenvalue weighted by atomic mass is 35.5. The zero-order valence-electron chi connectivity index (χ0n) is 17.6. The molecular formula is C25H20ClN3O3. The molecule has 0 aliphatic heterocycles. The maximum Gasteiger partial charge on any atom is 0.244 e. The fourth-order valence-electron chi connectivity index (χ4n) is 3.45. The molecule has 1 N–H and O–H groups in total. The molecule has 1 amide bonds. The summed E-state index contributed by atoms with van der Waals surface area (Å²) in [4.78, 5) is 43.3. The Hall–Kier alpha value is -3.77. The summed E-state index contributed by atoms with van der Waals surface area (Å²) in [5, 5.41) is 3.48. The van der Waals surface area contributed by atoms with Crippen molar-refractivity contribution in [3.8, 4) is 0 Å². The van der Waals surface area contributed by atoms with E-state index in [1.165, 1.54) is 10.8 Å². The second-order valence-corrected chi connectivity index (χ2v) is 7.96. The molecule has 32 heavy (non-hydrogen) atoms. The number of hydrogen-bond donors (Lipinski definition) is 1. The highest BCUT2D eigenvalue weighted by molar-refractivity contribution is 6.33. The minimum atomic E-state index is -0.417. The van der Waals surface area contributed by atoms with Crippen LogP contribution in [0.4, 0.5) is 5.69 Å². The molecule has 160 valence electrons. The number of anilines is 1. The fraction of sp³-hybridized carbons (Fsp3) is 0.120. The van der Waals surface area contributed by atoms with E-state index in [1.807, 2.05) is 13.0 Å². The van der Waals surface area contributed by atoms with E-state index in [1.54, 1.807) is 61.5 Å². The number of carbonyl (C=O) groups excluding carboxylic acids is 2. The predicted octanol–water partition coefficient (Wildman–Crippen LogP) is 4.54. The van der Waals surface area contributed by atoms with Gasteiger partial charge in [0.1, 0.15) is 12.2 Å². The van der Waals surface area contributed by atoms with Crippen LogP contribution in [0.25, 0.3) is 11.0 Å². The fourth-order valence-corrected chi connectivity index (χ4v) is 3.74. The summed E-state index contributed by atoms with van der Waals surface area (Å²) < 4.78 is 1.53. The lowest BCUT2D eigenvalue weighted by Crippen LogP contribution is -2.25. The highest BCUT2D eigenvalue weighted by Crippen LogP contribution is 2.23. The maximum atomic E-state index is 13.1. The van der Waals surface area contributed by atoms with Crippen LogP contribution in [0.5, 0.6) is 0 Å². The number of ketones is 1. The molecule has 7 heteroatoms. The predicted molar refractivity (Wildman–Crippen MR) is 125 cm³/mol. The van der Waals surface area contributed by atoms with Gasteiger partial charge in [0.05, 0.1) is 21.7 Å². The molecule has 2 aromatic carbocycles. The molecule has 2 heterocycles. The molecule has 4 rings (SSSR count). The summed E-state index contributed by atoms with van der Waals surface area (Å²) in [5.41, 5.74) is 2.45. The van der Waals surface area contributed by atoms with Gasteiger partial charge in [-0.15, -0.1) is 0 Å². The highest BCUT2D eigenvalue weighted by Gasteiger charge is 2.19. The van der Waals surface area contributed by atoms with Crippen LogP contribution < -0.4 is 10.7 Å². The Morgan fingerprint density at radius 3 is 2.50 bits per heavy atom. The zero-order valence-corrected chi connectivity index (χ0v) is 18.3. The van der Waals surface area contributed by atoms with Crippen LogP contribution in [-0.2, 0) is 11.3 Å². The van der Waals surface area contributed by atoms with E-state index >= 15 is 0 Å². The van der Waals surface area contributed by atoms with Crippen molar-refractivity contribution in [1.29, 1.82) is 0 Å². The van der Waals surface area contributed by atoms with Gasteiger partial charge in [0, 0.05) is 17.5 Å². The number of nitrogens with one attached hydrogen (secondary N) is 1. The monoisotopic (exact) mass is 445 g/mol. The molecule has 4 aromatic rings. The number of amides is 1. The van der Waals surface area contributed by atoms with E-state index in [4.69, 9.17) is 11.6 Å². The first kappa shape index (κ1) is 21.5. The van der Waals surface area contributed by atoms with Gasteiger partial charge in [-0.3, -0.25) is 14.4 Å². The Morgan fingerprint density at radius 2 is 1.78 bits per heavy atom. The normalized spacial score (nSPS) is 10.8. The standard InChI is InChI=1S/C25H20ClN3O3/c1-15-8-11-21(20(26)12-15)28-22(30)14-29-13-19(23(31)17-6-4-3-5-7-17)24(32)18-10-9-16(2)27-25(18)29/h3-13H,14H2,1-2H3,(H,28,30). The molecule has 0 aliphatic rings. The molecule has 2 aromatic heterocycles. The number of benzene rings is 2. The van der Waals surface area contributed by atoms with Crippen molar-refractivity contribution < 1.29 is 9.59 Å². The van der Waals surface area contributed by atoms with Crippen LogP contribution >= 0.6 is 11.6 Å². The van der Waals surface area contributed by atoms with Gasteiger partial charge in [0.2, 0.25) is 11.3 Å². The number of carbonyl (C=O) groups is 2. The maximum absolute atomic E-state index is 13.1. The van der Waals surface area contributed by atoms with E-state index in [9.17, 15) is 14.4 Å². The molecule has 0 bridgehead atoms. The molecule has 0 radical (unpaired) electrons. The Balaban J connectivity index is 1.76. The lowest BCUT2D eigenvalue weighted by atomic mass is 10.0. The van der Waals surface area contributed by atoms with Crippen LogP contribution in [-0.4, -0.2) is 21.2 Å². The van der Waals surface area contributed by atoms with Crippen molar-refractivity contribution in [2.45, 2.75) is 20.4 Å². The Kier molecular flexibility index (Phi) is 5.88. The van der Waals surface area contributed by atoms with Crippen molar-refractivity contribution >= 4 is 40.0 Å². The molecule has 0 saturated heterocycles. The van der Waals surface area contributed by atoms with E-state index in [0.717, 1.165) is 5.56 Å². The third kappa shape index (κ3) is 4.31. The summed E-state index contributed by atoms with van der Waals surface area (Å²) in [6.07, 6.45) is 1.41. The first-order chi connectivity index (χ1) is 15.3. The van der Waals surface area contributed by atoms with E-state index in [2.05, 4.69) is 10.3 Å². The lowest BCUT2D eigenvalue weighted by Gasteiger charge is -2.14. The van der Waals surface area contributed by atoms with Crippen molar-refractivity contribution in [2.75, 3.05) is 5.32 Å². The van der Waals surface area contributed by atoms with Crippen LogP contribution in [0.2, 0.25) is 5.02 Å². The van der Waals surface area contributed by atoms with Crippen LogP contribution in [0.1, 0.15) is 27.2 Å². The third-order valence-corrected chi connectivity index (χ3v) is 5.37. The molecule has 0 fully saturated rings. The number of pyridine rings is 2. The average molecular weight is 446 g/mol. The Labute approximate surface area is 189 Å². The molecule has 0 atom stereocenters. The average Bonchev–Trinajstić information content (AvgIpc) is 2.77. The molecule has 6 nitrogen and oxygen atoms in total. The SMILES string of the molecule is Cc1ccc(NC(=O)Cn2cc(C(=O)c3ccccc3)c(=O)c3ccc(C)nc32)c(Cl)c1. The first-order valence-electron chi connectivity index (χ1n) is 10.00. The molecule has 0 aliphatic carbocycles. The van der Waals surface area contributed by atoms with Gasteiger partial charge >= 0.3 is 0 Å². The molecular weight excluding hydrogens is 426 g/mol. The third-order valence-electron chi connectivity index (χ3n) is 5.05. The summed E-state index contributed by atoms with van der Waals surface area (Å²) >= 11 is 6.23. The summed E-state index contributed by atoms with van der Waals surface area (Å²) in [7, 11) is 0. The van der Waals surface area contributed by atoms with Crippen molar-refractivity contribution in [1.82, 2.24) is 9.55 Å². The van der Waals surface area contributed by atoms with Gasteiger partial charge in [-0.05, 0) is 43.7 Å². The second-order valence-electron chi connectivity index (χ2n) is 7.55. The van der Waals surface area contributed by atoms with Gasteiger partial charge < -0.3 is 9.88 Å². The van der Waals surface area contributed by atoms with E-state index in [0.29, 0.717) is 27.6 Å². The number of nitrogens with zero attached hydrogens (tertiary/aromatic N) is 2. The molecule has 0 unspecified atom stereocenters. The van der Waals surface area contributed by atoms with Crippen LogP contribution in [0.15, 0.2) is 71.7 Å². The van der Waals surface area contributed by atoms with E-state index in [-0.39, 0.29) is 23.4 Å². The topological polar surface area (TPSA) is 81.1 Å².